The van der Waals surface area contributed by atoms with Crippen LogP contribution in [0.3, 0.4) is 0 Å². The molecule has 52 valence electrons. The Morgan fingerprint density at radius 2 is 1.89 bits per heavy atom. The van der Waals surface area contributed by atoms with E-state index in [9.17, 15) is 4.79 Å². The van der Waals surface area contributed by atoms with E-state index in [4.69, 9.17) is 0 Å². The lowest BCUT2D eigenvalue weighted by atomic mass is 9.94. The normalized spacial score (nSPS) is 43.9. The van der Waals surface area contributed by atoms with Crippen LogP contribution in [-0.4, -0.2) is 5.78 Å². The third kappa shape index (κ3) is 1.00. The first-order valence-corrected chi connectivity index (χ1v) is 3.65. The standard InChI is InChI=1S/C8H14O/c1-5-4-8(9)7(3)6(5)2/h5-7H,4H2,1-3H3/t5-,6?,7?/m1/s1. The number of rotatable bonds is 0. The van der Waals surface area contributed by atoms with Crippen molar-refractivity contribution in [3.05, 3.63) is 0 Å². The summed E-state index contributed by atoms with van der Waals surface area (Å²) >= 11 is 0. The fourth-order valence-corrected chi connectivity index (χ4v) is 1.48. The first kappa shape index (κ1) is 6.79. The Hall–Kier alpha value is -0.330. The Morgan fingerprint density at radius 1 is 1.33 bits per heavy atom. The van der Waals surface area contributed by atoms with Crippen molar-refractivity contribution in [2.45, 2.75) is 27.2 Å². The molecule has 0 aromatic carbocycles. The minimum absolute atomic E-state index is 0.319. The summed E-state index contributed by atoms with van der Waals surface area (Å²) in [7, 11) is 0. The molecule has 9 heavy (non-hydrogen) atoms. The molecule has 0 aromatic rings. The molecule has 3 atom stereocenters. The quantitative estimate of drug-likeness (QED) is 0.484. The lowest BCUT2D eigenvalue weighted by Crippen LogP contribution is -2.08. The maximum absolute atomic E-state index is 11.0. The number of ketones is 1. The van der Waals surface area contributed by atoms with Crippen molar-refractivity contribution in [1.29, 1.82) is 0 Å². The Kier molecular flexibility index (Phi) is 1.60. The molecule has 0 amide bonds. The first-order valence-electron chi connectivity index (χ1n) is 3.65. The van der Waals surface area contributed by atoms with Gasteiger partial charge in [-0.15, -0.1) is 0 Å². The molecule has 0 heterocycles. The van der Waals surface area contributed by atoms with E-state index in [2.05, 4.69) is 13.8 Å². The van der Waals surface area contributed by atoms with Crippen LogP contribution in [0.5, 0.6) is 0 Å². The van der Waals surface area contributed by atoms with Crippen molar-refractivity contribution >= 4 is 5.78 Å². The molecule has 0 aliphatic heterocycles. The molecule has 0 spiro atoms. The maximum Gasteiger partial charge on any atom is 0.136 e. The zero-order valence-electron chi connectivity index (χ0n) is 6.35. The SMILES string of the molecule is CC1C(=O)C[C@@H](C)C1C. The molecule has 1 aliphatic rings. The highest BCUT2D eigenvalue weighted by atomic mass is 16.1. The van der Waals surface area contributed by atoms with Crippen molar-refractivity contribution in [3.8, 4) is 0 Å². The molecule has 0 saturated heterocycles. The number of hydrogen-bond acceptors (Lipinski definition) is 1. The predicted molar refractivity (Wildman–Crippen MR) is 37.1 cm³/mol. The molecule has 1 fully saturated rings. The average Bonchev–Trinajstić information content (AvgIpc) is 1.98. The fraction of sp³-hybridized carbons (Fsp3) is 0.875. The van der Waals surface area contributed by atoms with Gasteiger partial charge < -0.3 is 0 Å². The maximum atomic E-state index is 11.0. The third-order valence-electron chi connectivity index (χ3n) is 2.72. The smallest absolute Gasteiger partial charge is 0.136 e. The summed E-state index contributed by atoms with van der Waals surface area (Å²) < 4.78 is 0. The van der Waals surface area contributed by atoms with Gasteiger partial charge in [-0.25, -0.2) is 0 Å². The largest absolute Gasteiger partial charge is 0.299 e. The van der Waals surface area contributed by atoms with Gasteiger partial charge in [-0.1, -0.05) is 20.8 Å². The number of hydrogen-bond donors (Lipinski definition) is 0. The van der Waals surface area contributed by atoms with E-state index in [1.807, 2.05) is 6.92 Å². The Bertz CT molecular complexity index is 129. The van der Waals surface area contributed by atoms with Crippen LogP contribution in [0, 0.1) is 17.8 Å². The van der Waals surface area contributed by atoms with Crippen LogP contribution >= 0.6 is 0 Å². The lowest BCUT2D eigenvalue weighted by molar-refractivity contribution is -0.120. The van der Waals surface area contributed by atoms with Crippen LogP contribution < -0.4 is 0 Å². The van der Waals surface area contributed by atoms with Crippen molar-refractivity contribution in [3.63, 3.8) is 0 Å². The van der Waals surface area contributed by atoms with Gasteiger partial charge in [0.15, 0.2) is 0 Å². The van der Waals surface area contributed by atoms with Gasteiger partial charge in [-0.05, 0) is 11.8 Å². The Morgan fingerprint density at radius 3 is 2.00 bits per heavy atom. The summed E-state index contributed by atoms with van der Waals surface area (Å²) in [6, 6.07) is 0. The molecular weight excluding hydrogens is 112 g/mol. The number of carbonyl (C=O) groups excluding carboxylic acids is 1. The topological polar surface area (TPSA) is 17.1 Å². The van der Waals surface area contributed by atoms with E-state index in [1.54, 1.807) is 0 Å². The minimum atomic E-state index is 0.319. The summed E-state index contributed by atoms with van der Waals surface area (Å²) in [6.07, 6.45) is 0.808. The van der Waals surface area contributed by atoms with Crippen LogP contribution in [0.25, 0.3) is 0 Å². The average molecular weight is 126 g/mol. The monoisotopic (exact) mass is 126 g/mol. The van der Waals surface area contributed by atoms with Crippen LogP contribution in [0.1, 0.15) is 27.2 Å². The molecule has 1 heteroatoms. The molecule has 2 unspecified atom stereocenters. The van der Waals surface area contributed by atoms with E-state index in [1.165, 1.54) is 0 Å². The Balaban J connectivity index is 2.65. The first-order chi connectivity index (χ1) is 4.13. The zero-order valence-corrected chi connectivity index (χ0v) is 6.35. The molecule has 0 radical (unpaired) electrons. The van der Waals surface area contributed by atoms with E-state index in [0.29, 0.717) is 23.5 Å². The fourth-order valence-electron chi connectivity index (χ4n) is 1.48. The number of carbonyl (C=O) groups is 1. The van der Waals surface area contributed by atoms with Gasteiger partial charge >= 0.3 is 0 Å². The second kappa shape index (κ2) is 2.13. The van der Waals surface area contributed by atoms with Gasteiger partial charge in [0.1, 0.15) is 5.78 Å². The molecular formula is C8H14O. The van der Waals surface area contributed by atoms with Crippen LogP contribution in [0.4, 0.5) is 0 Å². The van der Waals surface area contributed by atoms with Gasteiger partial charge in [-0.3, -0.25) is 4.79 Å². The van der Waals surface area contributed by atoms with Crippen molar-refractivity contribution in [1.82, 2.24) is 0 Å². The van der Waals surface area contributed by atoms with E-state index in [-0.39, 0.29) is 0 Å². The molecule has 1 nitrogen and oxygen atoms in total. The second-order valence-electron chi connectivity index (χ2n) is 3.30. The van der Waals surface area contributed by atoms with Gasteiger partial charge in [0.05, 0.1) is 0 Å². The van der Waals surface area contributed by atoms with Crippen molar-refractivity contribution < 1.29 is 4.79 Å². The highest BCUT2D eigenvalue weighted by Gasteiger charge is 2.33. The molecule has 0 aromatic heterocycles. The number of Topliss-reactive ketones (excluding diaryl/α,β-unsaturated/α-hetero) is 1. The molecule has 1 saturated carbocycles. The molecule has 0 bridgehead atoms. The Labute approximate surface area is 56.4 Å². The summed E-state index contributed by atoms with van der Waals surface area (Å²) in [5, 5.41) is 0. The third-order valence-corrected chi connectivity index (χ3v) is 2.72. The zero-order chi connectivity index (χ0) is 7.02. The van der Waals surface area contributed by atoms with Crippen molar-refractivity contribution in [2.24, 2.45) is 17.8 Å². The van der Waals surface area contributed by atoms with E-state index >= 15 is 0 Å². The molecule has 0 N–H and O–H groups in total. The van der Waals surface area contributed by atoms with Gasteiger partial charge in [0, 0.05) is 12.3 Å². The second-order valence-corrected chi connectivity index (χ2v) is 3.30. The minimum Gasteiger partial charge on any atom is -0.299 e. The van der Waals surface area contributed by atoms with Crippen LogP contribution in [0.2, 0.25) is 0 Å². The van der Waals surface area contributed by atoms with Gasteiger partial charge in [-0.2, -0.15) is 0 Å². The van der Waals surface area contributed by atoms with Crippen molar-refractivity contribution in [2.75, 3.05) is 0 Å². The van der Waals surface area contributed by atoms with Crippen LogP contribution in [0.15, 0.2) is 0 Å². The molecule has 1 rings (SSSR count). The highest BCUT2D eigenvalue weighted by molar-refractivity contribution is 5.83. The summed E-state index contributed by atoms with van der Waals surface area (Å²) in [6.45, 7) is 6.36. The van der Waals surface area contributed by atoms with Crippen LogP contribution in [-0.2, 0) is 4.79 Å². The van der Waals surface area contributed by atoms with E-state index < -0.39 is 0 Å². The summed E-state index contributed by atoms with van der Waals surface area (Å²) in [5.41, 5.74) is 0. The van der Waals surface area contributed by atoms with E-state index in [0.717, 1.165) is 6.42 Å². The lowest BCUT2D eigenvalue weighted by Gasteiger charge is -2.10. The summed E-state index contributed by atoms with van der Waals surface area (Å²) in [5.74, 6) is 2.00. The summed E-state index contributed by atoms with van der Waals surface area (Å²) in [4.78, 5) is 11.0. The molecule has 1 aliphatic carbocycles. The van der Waals surface area contributed by atoms with Gasteiger partial charge in [0.2, 0.25) is 0 Å². The predicted octanol–water partition coefficient (Wildman–Crippen LogP) is 1.87. The van der Waals surface area contributed by atoms with Gasteiger partial charge in [0.25, 0.3) is 0 Å². The highest BCUT2D eigenvalue weighted by Crippen LogP contribution is 2.32.